The van der Waals surface area contributed by atoms with Crippen LogP contribution in [0.15, 0.2) is 0 Å². The van der Waals surface area contributed by atoms with Crippen molar-refractivity contribution in [3.63, 3.8) is 0 Å². The van der Waals surface area contributed by atoms with E-state index in [1.54, 1.807) is 0 Å². The van der Waals surface area contributed by atoms with Gasteiger partial charge in [-0.1, -0.05) is 6.92 Å². The van der Waals surface area contributed by atoms with E-state index in [0.29, 0.717) is 5.54 Å². The van der Waals surface area contributed by atoms with Crippen LogP contribution < -0.4 is 5.73 Å². The third kappa shape index (κ3) is 4.20. The predicted molar refractivity (Wildman–Crippen MR) is 53.5 cm³/mol. The van der Waals surface area contributed by atoms with Crippen LogP contribution in [0.5, 0.6) is 0 Å². The number of nitrogens with two attached hydrogens (primary N) is 1. The summed E-state index contributed by atoms with van der Waals surface area (Å²) in [5.74, 6) is 0. The molecule has 0 heterocycles. The molecule has 0 aromatic rings. The smallest absolute Gasteiger partial charge is 0.325 e. The third-order valence-electron chi connectivity index (χ3n) is 1.92. The van der Waals surface area contributed by atoms with Gasteiger partial charge in [0.15, 0.2) is 0 Å². The van der Waals surface area contributed by atoms with Crippen LogP contribution in [0.3, 0.4) is 0 Å². The predicted octanol–water partition coefficient (Wildman–Crippen LogP) is 1.02. The zero-order valence-corrected chi connectivity index (χ0v) is 9.69. The van der Waals surface area contributed by atoms with Crippen molar-refractivity contribution in [3.8, 4) is 0 Å². The summed E-state index contributed by atoms with van der Waals surface area (Å²) in [5, 5.41) is 0. The number of rotatable bonds is 6. The Morgan fingerprint density at radius 1 is 1.17 bits per heavy atom. The molecule has 2 N–H and O–H groups in total. The highest BCUT2D eigenvalue weighted by atomic mass is 28.3. The first-order valence-corrected chi connectivity index (χ1v) is 6.23. The monoisotopic (exact) mass is 191 g/mol. The number of hydrogen-bond donors (Lipinski definition) is 1. The van der Waals surface area contributed by atoms with Crippen LogP contribution in [0.2, 0.25) is 5.54 Å². The minimum Gasteiger partial charge on any atom is -0.397 e. The Bertz CT molecular complexity index is 105. The maximum absolute atomic E-state index is 5.77. The lowest BCUT2D eigenvalue weighted by molar-refractivity contribution is 0.202. The summed E-state index contributed by atoms with van der Waals surface area (Å²) in [4.78, 5) is 0. The highest BCUT2D eigenvalue weighted by molar-refractivity contribution is 6.46. The lowest BCUT2D eigenvalue weighted by Crippen LogP contribution is -2.37. The lowest BCUT2D eigenvalue weighted by Gasteiger charge is -2.23. The first-order valence-electron chi connectivity index (χ1n) is 4.62. The second-order valence-electron chi connectivity index (χ2n) is 3.00. The van der Waals surface area contributed by atoms with Gasteiger partial charge in [-0.3, -0.25) is 0 Å². The molecule has 0 fully saturated rings. The van der Waals surface area contributed by atoms with Gasteiger partial charge in [0.25, 0.3) is 0 Å². The van der Waals surface area contributed by atoms with Crippen LogP contribution in [0.4, 0.5) is 0 Å². The van der Waals surface area contributed by atoms with Crippen molar-refractivity contribution in [1.82, 2.24) is 0 Å². The molecule has 0 aliphatic rings. The first kappa shape index (κ1) is 12.1. The molecule has 3 nitrogen and oxygen atoms in total. The molecule has 12 heavy (non-hydrogen) atoms. The van der Waals surface area contributed by atoms with E-state index in [9.17, 15) is 0 Å². The Kier molecular flexibility index (Phi) is 6.65. The normalized spacial score (nSPS) is 16.5. The number of hydrogen-bond acceptors (Lipinski definition) is 3. The fourth-order valence-electron chi connectivity index (χ4n) is 0.928. The Labute approximate surface area is 77.1 Å². The van der Waals surface area contributed by atoms with E-state index in [1.807, 2.05) is 20.8 Å². The Balaban J connectivity index is 3.89. The van der Waals surface area contributed by atoms with E-state index in [1.165, 1.54) is 0 Å². The molecular formula is C8H21NO2Si. The molecule has 2 unspecified atom stereocenters. The van der Waals surface area contributed by atoms with Crippen LogP contribution in [0.25, 0.3) is 0 Å². The van der Waals surface area contributed by atoms with Gasteiger partial charge in [-0.15, -0.1) is 0 Å². The second kappa shape index (κ2) is 6.60. The molecule has 0 rings (SSSR count). The van der Waals surface area contributed by atoms with Gasteiger partial charge in [-0.2, -0.15) is 0 Å². The minimum absolute atomic E-state index is 0.166. The van der Waals surface area contributed by atoms with Crippen LogP contribution >= 0.6 is 0 Å². The van der Waals surface area contributed by atoms with Crippen molar-refractivity contribution < 1.29 is 8.85 Å². The topological polar surface area (TPSA) is 44.5 Å². The largest absolute Gasteiger partial charge is 0.397 e. The van der Waals surface area contributed by atoms with E-state index >= 15 is 0 Å². The van der Waals surface area contributed by atoms with Crippen LogP contribution in [-0.2, 0) is 8.85 Å². The SMILES string of the molecule is CCO[SiH](OCC)C(C)C(C)N. The van der Waals surface area contributed by atoms with Crippen molar-refractivity contribution in [3.05, 3.63) is 0 Å². The Hall–Kier alpha value is 0.0969. The molecule has 0 aromatic heterocycles. The van der Waals surface area contributed by atoms with Gasteiger partial charge >= 0.3 is 9.28 Å². The van der Waals surface area contributed by atoms with Crippen molar-refractivity contribution in [2.75, 3.05) is 13.2 Å². The van der Waals surface area contributed by atoms with E-state index in [0.717, 1.165) is 13.2 Å². The fraction of sp³-hybridized carbons (Fsp3) is 1.00. The summed E-state index contributed by atoms with van der Waals surface area (Å²) >= 11 is 0. The Morgan fingerprint density at radius 3 is 1.83 bits per heavy atom. The highest BCUT2D eigenvalue weighted by Crippen LogP contribution is 2.14. The van der Waals surface area contributed by atoms with E-state index in [2.05, 4.69) is 6.92 Å². The molecular weight excluding hydrogens is 170 g/mol. The summed E-state index contributed by atoms with van der Waals surface area (Å²) in [5.41, 5.74) is 6.15. The lowest BCUT2D eigenvalue weighted by atomic mass is 10.3. The van der Waals surface area contributed by atoms with Crippen LogP contribution in [0.1, 0.15) is 27.7 Å². The zero-order valence-electron chi connectivity index (χ0n) is 8.54. The molecule has 0 aliphatic heterocycles. The minimum atomic E-state index is -1.51. The van der Waals surface area contributed by atoms with Gasteiger partial charge in [0, 0.05) is 24.8 Å². The third-order valence-corrected chi connectivity index (χ3v) is 4.71. The van der Waals surface area contributed by atoms with Gasteiger partial charge in [0.1, 0.15) is 0 Å². The van der Waals surface area contributed by atoms with Crippen molar-refractivity contribution >= 4 is 9.28 Å². The molecule has 0 aliphatic carbocycles. The van der Waals surface area contributed by atoms with Crippen molar-refractivity contribution in [2.24, 2.45) is 5.73 Å². The van der Waals surface area contributed by atoms with Gasteiger partial charge in [-0.25, -0.2) is 0 Å². The Morgan fingerprint density at radius 2 is 1.58 bits per heavy atom. The maximum Gasteiger partial charge on any atom is 0.325 e. The van der Waals surface area contributed by atoms with Gasteiger partial charge < -0.3 is 14.6 Å². The molecule has 0 bridgehead atoms. The molecule has 4 heteroatoms. The molecule has 0 saturated carbocycles. The summed E-state index contributed by atoms with van der Waals surface area (Å²) in [6.07, 6.45) is 0. The second-order valence-corrected chi connectivity index (χ2v) is 5.45. The molecule has 0 amide bonds. The average Bonchev–Trinajstić information content (AvgIpc) is 2.03. The molecule has 0 aromatic carbocycles. The molecule has 2 atom stereocenters. The van der Waals surface area contributed by atoms with Gasteiger partial charge in [0.05, 0.1) is 0 Å². The maximum atomic E-state index is 5.77. The summed E-state index contributed by atoms with van der Waals surface area (Å²) in [6, 6.07) is 0.166. The molecule has 0 saturated heterocycles. The average molecular weight is 191 g/mol. The fourth-order valence-corrected chi connectivity index (χ4v) is 2.78. The van der Waals surface area contributed by atoms with Crippen molar-refractivity contribution in [2.45, 2.75) is 39.3 Å². The van der Waals surface area contributed by atoms with E-state index in [4.69, 9.17) is 14.6 Å². The summed E-state index contributed by atoms with van der Waals surface area (Å²) < 4.78 is 11.1. The quantitative estimate of drug-likeness (QED) is 0.637. The molecule has 74 valence electrons. The van der Waals surface area contributed by atoms with Gasteiger partial charge in [-0.05, 0) is 20.8 Å². The molecule has 0 spiro atoms. The molecule has 0 radical (unpaired) electrons. The van der Waals surface area contributed by atoms with Gasteiger partial charge in [0.2, 0.25) is 0 Å². The van der Waals surface area contributed by atoms with Crippen LogP contribution in [-0.4, -0.2) is 28.5 Å². The highest BCUT2D eigenvalue weighted by Gasteiger charge is 2.24. The van der Waals surface area contributed by atoms with E-state index < -0.39 is 9.28 Å². The standard InChI is InChI=1S/C8H21NO2Si/c1-5-10-12(11-6-2)8(4)7(3)9/h7-8,12H,5-6,9H2,1-4H3. The van der Waals surface area contributed by atoms with Crippen LogP contribution in [0, 0.1) is 0 Å². The summed E-state index contributed by atoms with van der Waals surface area (Å²) in [7, 11) is -1.51. The van der Waals surface area contributed by atoms with Crippen molar-refractivity contribution in [1.29, 1.82) is 0 Å². The van der Waals surface area contributed by atoms with E-state index in [-0.39, 0.29) is 6.04 Å². The first-order chi connectivity index (χ1) is 5.63. The summed E-state index contributed by atoms with van der Waals surface area (Å²) in [6.45, 7) is 9.55. The zero-order chi connectivity index (χ0) is 9.56.